The second-order valence-electron chi connectivity index (χ2n) is 2.91. The Bertz CT molecular complexity index is 312. The van der Waals surface area contributed by atoms with E-state index in [2.05, 4.69) is 16.6 Å². The summed E-state index contributed by atoms with van der Waals surface area (Å²) >= 11 is 1.54. The maximum absolute atomic E-state index is 11.0. The van der Waals surface area contributed by atoms with E-state index in [1.54, 1.807) is 16.2 Å². The highest BCUT2D eigenvalue weighted by atomic mass is 32.1. The Balaban J connectivity index is 2.60. The summed E-state index contributed by atoms with van der Waals surface area (Å²) in [6.45, 7) is 2.30. The standard InChI is InChI=1S/C9H14N2O2S/c1-4-7-6-14-9(10-7)11(2)5-8(12)13-3/h6H,4-5H2,1-3H3. The van der Waals surface area contributed by atoms with E-state index in [0.717, 1.165) is 17.2 Å². The average molecular weight is 214 g/mol. The Morgan fingerprint density at radius 3 is 2.93 bits per heavy atom. The molecule has 1 aromatic heterocycles. The van der Waals surface area contributed by atoms with Gasteiger partial charge in [-0.3, -0.25) is 4.79 Å². The summed E-state index contributed by atoms with van der Waals surface area (Å²) in [6.07, 6.45) is 0.919. The number of aromatic nitrogens is 1. The van der Waals surface area contributed by atoms with Gasteiger partial charge in [0, 0.05) is 12.4 Å². The van der Waals surface area contributed by atoms with Crippen molar-refractivity contribution in [1.29, 1.82) is 0 Å². The number of likely N-dealkylation sites (N-methyl/N-ethyl adjacent to an activating group) is 1. The summed E-state index contributed by atoms with van der Waals surface area (Å²) in [7, 11) is 3.21. The summed E-state index contributed by atoms with van der Waals surface area (Å²) < 4.78 is 4.57. The van der Waals surface area contributed by atoms with Crippen LogP contribution < -0.4 is 4.90 Å². The minimum atomic E-state index is -0.249. The van der Waals surface area contributed by atoms with Crippen molar-refractivity contribution in [2.45, 2.75) is 13.3 Å². The van der Waals surface area contributed by atoms with Gasteiger partial charge in [0.15, 0.2) is 5.13 Å². The van der Waals surface area contributed by atoms with Gasteiger partial charge >= 0.3 is 5.97 Å². The molecule has 0 atom stereocenters. The molecule has 0 spiro atoms. The maximum atomic E-state index is 11.0. The van der Waals surface area contributed by atoms with Crippen molar-refractivity contribution in [2.24, 2.45) is 0 Å². The van der Waals surface area contributed by atoms with Crippen molar-refractivity contribution in [1.82, 2.24) is 4.98 Å². The number of ether oxygens (including phenoxy) is 1. The molecule has 1 aromatic rings. The third kappa shape index (κ3) is 2.70. The van der Waals surface area contributed by atoms with Gasteiger partial charge in [-0.05, 0) is 6.42 Å². The Hall–Kier alpha value is -1.10. The topological polar surface area (TPSA) is 42.4 Å². The van der Waals surface area contributed by atoms with Gasteiger partial charge in [0.25, 0.3) is 0 Å². The highest BCUT2D eigenvalue weighted by Gasteiger charge is 2.10. The normalized spacial score (nSPS) is 9.93. The third-order valence-electron chi connectivity index (χ3n) is 1.82. The van der Waals surface area contributed by atoms with E-state index in [9.17, 15) is 4.79 Å². The van der Waals surface area contributed by atoms with Gasteiger partial charge in [-0.25, -0.2) is 4.98 Å². The molecule has 78 valence electrons. The number of aryl methyl sites for hydroxylation is 1. The molecule has 0 bridgehead atoms. The Kier molecular flexibility index (Phi) is 3.88. The second kappa shape index (κ2) is 4.95. The molecular formula is C9H14N2O2S. The maximum Gasteiger partial charge on any atom is 0.325 e. The number of carbonyl (C=O) groups is 1. The monoisotopic (exact) mass is 214 g/mol. The zero-order chi connectivity index (χ0) is 10.6. The molecule has 0 fully saturated rings. The SMILES string of the molecule is CCc1csc(N(C)CC(=O)OC)n1. The van der Waals surface area contributed by atoms with Crippen molar-refractivity contribution in [3.8, 4) is 0 Å². The van der Waals surface area contributed by atoms with E-state index < -0.39 is 0 Å². The lowest BCUT2D eigenvalue weighted by molar-refractivity contribution is -0.138. The summed E-state index contributed by atoms with van der Waals surface area (Å²) in [4.78, 5) is 17.1. The van der Waals surface area contributed by atoms with E-state index in [0.29, 0.717) is 0 Å². The number of carbonyl (C=O) groups excluding carboxylic acids is 1. The molecule has 0 saturated heterocycles. The van der Waals surface area contributed by atoms with Gasteiger partial charge < -0.3 is 9.64 Å². The second-order valence-corrected chi connectivity index (χ2v) is 3.74. The molecule has 0 aliphatic heterocycles. The third-order valence-corrected chi connectivity index (χ3v) is 2.83. The first-order valence-corrected chi connectivity index (χ1v) is 5.27. The van der Waals surface area contributed by atoms with Crippen LogP contribution in [-0.4, -0.2) is 31.7 Å². The van der Waals surface area contributed by atoms with Gasteiger partial charge in [-0.15, -0.1) is 11.3 Å². The Morgan fingerprint density at radius 2 is 2.43 bits per heavy atom. The molecule has 5 heteroatoms. The van der Waals surface area contributed by atoms with Crippen molar-refractivity contribution in [2.75, 3.05) is 25.6 Å². The zero-order valence-corrected chi connectivity index (χ0v) is 9.43. The summed E-state index contributed by atoms with van der Waals surface area (Å²) in [5.41, 5.74) is 1.06. The van der Waals surface area contributed by atoms with E-state index >= 15 is 0 Å². The number of esters is 1. The van der Waals surface area contributed by atoms with Crippen LogP contribution in [0.5, 0.6) is 0 Å². The molecule has 0 saturated carbocycles. The Labute approximate surface area is 87.5 Å². The zero-order valence-electron chi connectivity index (χ0n) is 8.61. The van der Waals surface area contributed by atoms with Crippen LogP contribution in [0.4, 0.5) is 5.13 Å². The molecular weight excluding hydrogens is 200 g/mol. The highest BCUT2D eigenvalue weighted by Crippen LogP contribution is 2.19. The predicted octanol–water partition coefficient (Wildman–Crippen LogP) is 1.31. The molecule has 0 aliphatic carbocycles. The van der Waals surface area contributed by atoms with Crippen LogP contribution in [0.3, 0.4) is 0 Å². The van der Waals surface area contributed by atoms with Crippen LogP contribution in [0, 0.1) is 0 Å². The molecule has 0 N–H and O–H groups in total. The number of thiazole rings is 1. The van der Waals surface area contributed by atoms with Gasteiger partial charge in [-0.1, -0.05) is 6.92 Å². The molecule has 14 heavy (non-hydrogen) atoms. The minimum Gasteiger partial charge on any atom is -0.468 e. The fourth-order valence-electron chi connectivity index (χ4n) is 0.960. The smallest absolute Gasteiger partial charge is 0.325 e. The molecule has 0 aliphatic rings. The van der Waals surface area contributed by atoms with Gasteiger partial charge in [0.05, 0.1) is 12.8 Å². The number of hydrogen-bond acceptors (Lipinski definition) is 5. The van der Waals surface area contributed by atoms with Crippen LogP contribution in [0.1, 0.15) is 12.6 Å². The predicted molar refractivity (Wildman–Crippen MR) is 56.8 cm³/mol. The van der Waals surface area contributed by atoms with Gasteiger partial charge in [0.1, 0.15) is 6.54 Å². The average Bonchev–Trinajstić information content (AvgIpc) is 2.65. The molecule has 4 nitrogen and oxygen atoms in total. The summed E-state index contributed by atoms with van der Waals surface area (Å²) in [6, 6.07) is 0. The van der Waals surface area contributed by atoms with Crippen LogP contribution in [0.2, 0.25) is 0 Å². The molecule has 0 radical (unpaired) electrons. The highest BCUT2D eigenvalue weighted by molar-refractivity contribution is 7.13. The van der Waals surface area contributed by atoms with Crippen molar-refractivity contribution in [3.05, 3.63) is 11.1 Å². The first-order valence-electron chi connectivity index (χ1n) is 4.39. The number of nitrogens with zero attached hydrogens (tertiary/aromatic N) is 2. The van der Waals surface area contributed by atoms with E-state index in [4.69, 9.17) is 0 Å². The van der Waals surface area contributed by atoms with Crippen molar-refractivity contribution in [3.63, 3.8) is 0 Å². The van der Waals surface area contributed by atoms with Gasteiger partial charge in [0.2, 0.25) is 0 Å². The molecule has 1 rings (SSSR count). The number of methoxy groups -OCH3 is 1. The summed E-state index contributed by atoms with van der Waals surface area (Å²) in [5.74, 6) is -0.249. The lowest BCUT2D eigenvalue weighted by Gasteiger charge is -2.13. The lowest BCUT2D eigenvalue weighted by Crippen LogP contribution is -2.26. The number of hydrogen-bond donors (Lipinski definition) is 0. The fraction of sp³-hybridized carbons (Fsp3) is 0.556. The molecule has 0 aromatic carbocycles. The van der Waals surface area contributed by atoms with Crippen molar-refractivity contribution < 1.29 is 9.53 Å². The first kappa shape index (κ1) is 11.0. The lowest BCUT2D eigenvalue weighted by atomic mass is 10.4. The molecule has 1 heterocycles. The fourth-order valence-corrected chi connectivity index (χ4v) is 1.84. The number of rotatable bonds is 4. The first-order chi connectivity index (χ1) is 6.67. The van der Waals surface area contributed by atoms with E-state index in [-0.39, 0.29) is 12.5 Å². The van der Waals surface area contributed by atoms with Crippen LogP contribution in [0.15, 0.2) is 5.38 Å². The van der Waals surface area contributed by atoms with Crippen LogP contribution in [0.25, 0.3) is 0 Å². The number of anilines is 1. The Morgan fingerprint density at radius 1 is 1.71 bits per heavy atom. The molecule has 0 amide bonds. The summed E-state index contributed by atoms with van der Waals surface area (Å²) in [5, 5.41) is 2.86. The van der Waals surface area contributed by atoms with E-state index in [1.807, 2.05) is 12.4 Å². The minimum absolute atomic E-state index is 0.243. The van der Waals surface area contributed by atoms with Crippen LogP contribution in [-0.2, 0) is 16.0 Å². The quantitative estimate of drug-likeness (QED) is 0.709. The molecule has 0 unspecified atom stereocenters. The van der Waals surface area contributed by atoms with Crippen molar-refractivity contribution >= 4 is 22.4 Å². The largest absolute Gasteiger partial charge is 0.468 e. The van der Waals surface area contributed by atoms with Crippen LogP contribution >= 0.6 is 11.3 Å². The van der Waals surface area contributed by atoms with Gasteiger partial charge in [-0.2, -0.15) is 0 Å². The van der Waals surface area contributed by atoms with E-state index in [1.165, 1.54) is 7.11 Å².